The molecule has 0 saturated carbocycles. The number of allylic oxidation sites excluding steroid dienone is 1. The maximum Gasteiger partial charge on any atom is 0.338 e. The molecule has 39 heavy (non-hydrogen) atoms. The van der Waals surface area contributed by atoms with Gasteiger partial charge in [-0.05, 0) is 49.4 Å². The van der Waals surface area contributed by atoms with Gasteiger partial charge in [0.25, 0.3) is 11.2 Å². The minimum Gasteiger partial charge on any atom is -0.496 e. The van der Waals surface area contributed by atoms with Crippen LogP contribution < -0.4 is 19.6 Å². The van der Waals surface area contributed by atoms with Crippen molar-refractivity contribution in [3.05, 3.63) is 118 Å². The maximum absolute atomic E-state index is 13.9. The number of hydrogen-bond acceptors (Lipinski definition) is 8. The number of nitro benzene ring substituents is 1. The summed E-state index contributed by atoms with van der Waals surface area (Å²) in [5.41, 5.74) is 1.87. The molecule has 0 radical (unpaired) electrons. The lowest BCUT2D eigenvalue weighted by Crippen LogP contribution is -2.40. The van der Waals surface area contributed by atoms with Gasteiger partial charge in [0.2, 0.25) is 0 Å². The van der Waals surface area contributed by atoms with Crippen LogP contribution in [0.25, 0.3) is 11.8 Å². The van der Waals surface area contributed by atoms with E-state index in [2.05, 4.69) is 4.99 Å². The number of nitro groups is 1. The summed E-state index contributed by atoms with van der Waals surface area (Å²) in [6.45, 7) is 1.68. The van der Waals surface area contributed by atoms with Crippen LogP contribution in [-0.2, 0) is 9.53 Å². The van der Waals surface area contributed by atoms with Crippen LogP contribution in [0.1, 0.15) is 24.2 Å². The molecule has 0 saturated heterocycles. The Bertz CT molecular complexity index is 1850. The lowest BCUT2D eigenvalue weighted by molar-refractivity contribution is -0.384. The smallest absolute Gasteiger partial charge is 0.338 e. The number of non-ortho nitro benzene ring substituents is 1. The van der Waals surface area contributed by atoms with Gasteiger partial charge >= 0.3 is 5.97 Å². The van der Waals surface area contributed by atoms with Gasteiger partial charge in [-0.25, -0.2) is 9.79 Å². The van der Waals surface area contributed by atoms with Gasteiger partial charge in [-0.3, -0.25) is 19.5 Å². The molecule has 1 aliphatic heterocycles. The largest absolute Gasteiger partial charge is 0.496 e. The normalized spacial score (nSPS) is 15.1. The third-order valence-corrected chi connectivity index (χ3v) is 7.51. The number of benzene rings is 2. The Labute approximate surface area is 230 Å². The van der Waals surface area contributed by atoms with Gasteiger partial charge in [0, 0.05) is 34.6 Å². The fourth-order valence-corrected chi connectivity index (χ4v) is 5.76. The molecule has 0 N–H and O–H groups in total. The quantitative estimate of drug-likeness (QED) is 0.200. The number of hydrogen-bond donors (Lipinski definition) is 0. The summed E-state index contributed by atoms with van der Waals surface area (Å²) < 4.78 is 14.1. The van der Waals surface area contributed by atoms with E-state index in [1.54, 1.807) is 66.2 Å². The number of carbonyl (C=O) groups is 1. The molecule has 2 aromatic carbocycles. The number of ether oxygens (including phenoxy) is 2. The standard InChI is InChI=1S/C27H21ClN4O6S/c1-15-23(26(34)38-3)24(20-12-16(28)9-10-21(20)37-2)31-25(33)22(39-27(31)29-15)14-18-8-5-11-30(18)17-6-4-7-19(13-17)32(35)36/h4-14,24H,1-3H3/b22-14-/t24-/m1/s1. The highest BCUT2D eigenvalue weighted by Gasteiger charge is 2.35. The summed E-state index contributed by atoms with van der Waals surface area (Å²) in [4.78, 5) is 42.6. The highest BCUT2D eigenvalue weighted by atomic mass is 35.5. The van der Waals surface area contributed by atoms with E-state index in [9.17, 15) is 19.7 Å². The van der Waals surface area contributed by atoms with E-state index in [0.29, 0.717) is 42.7 Å². The minimum absolute atomic E-state index is 0.0483. The molecule has 4 aromatic rings. The van der Waals surface area contributed by atoms with Crippen molar-refractivity contribution in [3.8, 4) is 11.4 Å². The van der Waals surface area contributed by atoms with Crippen LogP contribution in [0.4, 0.5) is 5.69 Å². The summed E-state index contributed by atoms with van der Waals surface area (Å²) in [6, 6.07) is 13.9. The molecule has 12 heteroatoms. The van der Waals surface area contributed by atoms with Crippen molar-refractivity contribution in [2.24, 2.45) is 4.99 Å². The number of esters is 1. The molecule has 0 aliphatic carbocycles. The number of methoxy groups -OCH3 is 2. The molecular weight excluding hydrogens is 544 g/mol. The van der Waals surface area contributed by atoms with Crippen molar-refractivity contribution in [2.45, 2.75) is 13.0 Å². The first-order valence-electron chi connectivity index (χ1n) is 11.6. The summed E-state index contributed by atoms with van der Waals surface area (Å²) in [5.74, 6) is -0.188. The first-order chi connectivity index (χ1) is 18.7. The minimum atomic E-state index is -0.895. The van der Waals surface area contributed by atoms with Crippen molar-refractivity contribution in [1.29, 1.82) is 0 Å². The van der Waals surface area contributed by atoms with Gasteiger partial charge in [-0.2, -0.15) is 0 Å². The van der Waals surface area contributed by atoms with Crippen LogP contribution >= 0.6 is 22.9 Å². The number of carbonyl (C=O) groups excluding carboxylic acids is 1. The van der Waals surface area contributed by atoms with E-state index in [4.69, 9.17) is 21.1 Å². The molecule has 198 valence electrons. The molecule has 0 amide bonds. The number of halogens is 1. The predicted molar refractivity (Wildman–Crippen MR) is 146 cm³/mol. The van der Waals surface area contributed by atoms with E-state index in [0.717, 1.165) is 11.3 Å². The van der Waals surface area contributed by atoms with Crippen LogP contribution in [0.5, 0.6) is 5.75 Å². The highest BCUT2D eigenvalue weighted by Crippen LogP contribution is 2.37. The molecule has 5 rings (SSSR count). The Balaban J connectivity index is 1.73. The molecule has 2 aromatic heterocycles. The molecule has 1 aliphatic rings. The van der Waals surface area contributed by atoms with Crippen LogP contribution in [0.2, 0.25) is 5.02 Å². The lowest BCUT2D eigenvalue weighted by atomic mass is 9.95. The van der Waals surface area contributed by atoms with E-state index in [1.165, 1.54) is 30.9 Å². The number of nitrogens with zero attached hydrogens (tertiary/aromatic N) is 4. The predicted octanol–water partition coefficient (Wildman–Crippen LogP) is 3.77. The van der Waals surface area contributed by atoms with E-state index in [1.807, 2.05) is 0 Å². The maximum atomic E-state index is 13.9. The van der Waals surface area contributed by atoms with Gasteiger partial charge in [-0.1, -0.05) is 29.0 Å². The van der Waals surface area contributed by atoms with Crippen molar-refractivity contribution in [3.63, 3.8) is 0 Å². The lowest BCUT2D eigenvalue weighted by Gasteiger charge is -2.25. The summed E-state index contributed by atoms with van der Waals surface area (Å²) in [7, 11) is 2.76. The van der Waals surface area contributed by atoms with Gasteiger partial charge in [0.05, 0.1) is 40.6 Å². The number of aromatic nitrogens is 2. The van der Waals surface area contributed by atoms with E-state index in [-0.39, 0.29) is 16.8 Å². The zero-order valence-electron chi connectivity index (χ0n) is 21.0. The molecule has 0 bridgehead atoms. The number of thiazole rings is 1. The fourth-order valence-electron chi connectivity index (χ4n) is 4.54. The molecule has 10 nitrogen and oxygen atoms in total. The summed E-state index contributed by atoms with van der Waals surface area (Å²) >= 11 is 7.48. The zero-order chi connectivity index (χ0) is 27.8. The molecule has 1 atom stereocenters. The zero-order valence-corrected chi connectivity index (χ0v) is 22.5. The topological polar surface area (TPSA) is 118 Å². The Morgan fingerprint density at radius 2 is 1.97 bits per heavy atom. The third-order valence-electron chi connectivity index (χ3n) is 6.29. The van der Waals surface area contributed by atoms with E-state index >= 15 is 0 Å². The van der Waals surface area contributed by atoms with Gasteiger partial charge < -0.3 is 14.0 Å². The van der Waals surface area contributed by atoms with Crippen LogP contribution in [0.15, 0.2) is 81.9 Å². The second-order valence-corrected chi connectivity index (χ2v) is 9.99. The van der Waals surface area contributed by atoms with Crippen LogP contribution in [0, 0.1) is 10.1 Å². The average molecular weight is 565 g/mol. The van der Waals surface area contributed by atoms with Crippen LogP contribution in [0.3, 0.4) is 0 Å². The molecule has 0 fully saturated rings. The monoisotopic (exact) mass is 564 g/mol. The summed E-state index contributed by atoms with van der Waals surface area (Å²) in [6.07, 6.45) is 3.44. The van der Waals surface area contributed by atoms with Crippen molar-refractivity contribution < 1.29 is 19.2 Å². The Hall–Kier alpha value is -4.48. The fraction of sp³-hybridized carbons (Fsp3) is 0.148. The molecular formula is C27H21ClN4O6S. The molecule has 0 spiro atoms. The van der Waals surface area contributed by atoms with Crippen molar-refractivity contribution in [2.75, 3.05) is 14.2 Å². The van der Waals surface area contributed by atoms with E-state index < -0.39 is 16.9 Å². The second kappa shape index (κ2) is 10.4. The molecule has 0 unspecified atom stereocenters. The Morgan fingerprint density at radius 1 is 1.18 bits per heavy atom. The first-order valence-corrected chi connectivity index (χ1v) is 12.8. The Morgan fingerprint density at radius 3 is 2.69 bits per heavy atom. The van der Waals surface area contributed by atoms with Gasteiger partial charge in [0.15, 0.2) is 4.80 Å². The van der Waals surface area contributed by atoms with Gasteiger partial charge in [-0.15, -0.1) is 0 Å². The highest BCUT2D eigenvalue weighted by molar-refractivity contribution is 7.07. The SMILES string of the molecule is COC(=O)C1=C(C)N=c2s/c(=C\c3cccn3-c3cccc([N+](=O)[O-])c3)c(=O)n2[C@@H]1c1cc(Cl)ccc1OC. The van der Waals surface area contributed by atoms with Crippen molar-refractivity contribution in [1.82, 2.24) is 9.13 Å². The van der Waals surface area contributed by atoms with Gasteiger partial charge in [0.1, 0.15) is 11.8 Å². The van der Waals surface area contributed by atoms with Crippen LogP contribution in [-0.4, -0.2) is 34.2 Å². The molecule has 3 heterocycles. The first kappa shape index (κ1) is 26.1. The Kier molecular flexibility index (Phi) is 6.94. The second-order valence-electron chi connectivity index (χ2n) is 8.54. The number of rotatable bonds is 6. The number of fused-ring (bicyclic) bond motifs is 1. The van der Waals surface area contributed by atoms with Crippen molar-refractivity contribution >= 4 is 40.7 Å². The third kappa shape index (κ3) is 4.66. The average Bonchev–Trinajstić information content (AvgIpc) is 3.51. The summed E-state index contributed by atoms with van der Waals surface area (Å²) in [5, 5.41) is 11.7.